The summed E-state index contributed by atoms with van der Waals surface area (Å²) in [5, 5.41) is 16.9. The third-order valence-electron chi connectivity index (χ3n) is 7.36. The van der Waals surface area contributed by atoms with Gasteiger partial charge in [-0.25, -0.2) is 9.97 Å². The Morgan fingerprint density at radius 2 is 1.95 bits per heavy atom. The Kier molecular flexibility index (Phi) is 7.43. The zero-order valence-corrected chi connectivity index (χ0v) is 22.2. The fourth-order valence-electron chi connectivity index (χ4n) is 5.37. The predicted molar refractivity (Wildman–Crippen MR) is 155 cm³/mol. The van der Waals surface area contributed by atoms with E-state index < -0.39 is 0 Å². The first-order valence-corrected chi connectivity index (χ1v) is 13.6. The number of carbonyl (C=O) groups is 1. The van der Waals surface area contributed by atoms with E-state index in [1.54, 1.807) is 6.07 Å². The van der Waals surface area contributed by atoms with Crippen molar-refractivity contribution >= 4 is 35.1 Å². The number of aromatic nitrogens is 2. The van der Waals surface area contributed by atoms with Gasteiger partial charge in [-0.15, -0.1) is 0 Å². The number of rotatable bonds is 7. The van der Waals surface area contributed by atoms with Crippen molar-refractivity contribution in [2.24, 2.45) is 4.99 Å². The minimum Gasteiger partial charge on any atom is -0.506 e. The highest BCUT2D eigenvalue weighted by Crippen LogP contribution is 2.39. The van der Waals surface area contributed by atoms with E-state index in [1.807, 2.05) is 42.6 Å². The fourth-order valence-corrected chi connectivity index (χ4v) is 5.37. The van der Waals surface area contributed by atoms with Gasteiger partial charge in [0.15, 0.2) is 0 Å². The number of nitrogens with one attached hydrogen (secondary N) is 2. The van der Waals surface area contributed by atoms with Crippen LogP contribution in [0.25, 0.3) is 11.3 Å². The lowest BCUT2D eigenvalue weighted by atomic mass is 9.97. The number of hydrogen-bond acceptors (Lipinski definition) is 9. The predicted octanol–water partition coefficient (Wildman–Crippen LogP) is 4.60. The van der Waals surface area contributed by atoms with Crippen molar-refractivity contribution in [3.8, 4) is 17.0 Å². The highest BCUT2D eigenvalue weighted by Gasteiger charge is 2.33. The largest absolute Gasteiger partial charge is 0.506 e. The number of nitrogens with zero attached hydrogens (tertiary/aromatic N) is 4. The van der Waals surface area contributed by atoms with E-state index in [0.29, 0.717) is 36.2 Å². The number of hydrogen-bond donors (Lipinski definition) is 3. The number of aromatic hydroxyl groups is 1. The molecule has 10 nitrogen and oxygen atoms in total. The molecule has 3 aliphatic heterocycles. The van der Waals surface area contributed by atoms with Gasteiger partial charge in [0.05, 0.1) is 36.4 Å². The highest BCUT2D eigenvalue weighted by molar-refractivity contribution is 5.99. The quantitative estimate of drug-likeness (QED) is 0.372. The second kappa shape index (κ2) is 11.4. The van der Waals surface area contributed by atoms with Gasteiger partial charge in [-0.2, -0.15) is 0 Å². The van der Waals surface area contributed by atoms with Crippen LogP contribution in [0, 0.1) is 0 Å². The maximum Gasteiger partial charge on any atom is 0.247 e. The van der Waals surface area contributed by atoms with E-state index >= 15 is 0 Å². The molecule has 10 heteroatoms. The van der Waals surface area contributed by atoms with Gasteiger partial charge in [0, 0.05) is 54.5 Å². The second-order valence-electron chi connectivity index (χ2n) is 10.0. The van der Waals surface area contributed by atoms with Gasteiger partial charge >= 0.3 is 0 Å². The van der Waals surface area contributed by atoms with Crippen LogP contribution in [-0.4, -0.2) is 66.2 Å². The topological polar surface area (TPSA) is 121 Å². The van der Waals surface area contributed by atoms with Crippen molar-refractivity contribution < 1.29 is 19.4 Å². The zero-order chi connectivity index (χ0) is 27.5. The average molecular weight is 541 g/mol. The van der Waals surface area contributed by atoms with Crippen molar-refractivity contribution in [1.29, 1.82) is 0 Å². The number of aliphatic imine (C=N–C) groups is 1. The highest BCUT2D eigenvalue weighted by atomic mass is 16.5. The molecule has 0 saturated carbocycles. The van der Waals surface area contributed by atoms with Gasteiger partial charge in [-0.1, -0.05) is 18.7 Å². The molecule has 1 amide bonds. The first-order valence-electron chi connectivity index (χ1n) is 13.6. The minimum absolute atomic E-state index is 0.0445. The Bertz CT molecular complexity index is 1450. The first-order chi connectivity index (χ1) is 19.6. The Hall–Kier alpha value is -4.28. The van der Waals surface area contributed by atoms with E-state index in [0.717, 1.165) is 61.5 Å². The van der Waals surface area contributed by atoms with Crippen molar-refractivity contribution in [2.75, 3.05) is 48.4 Å². The Morgan fingerprint density at radius 1 is 1.07 bits per heavy atom. The van der Waals surface area contributed by atoms with Crippen molar-refractivity contribution in [1.82, 2.24) is 9.97 Å². The van der Waals surface area contributed by atoms with E-state index in [2.05, 4.69) is 22.1 Å². The third-order valence-corrected chi connectivity index (χ3v) is 7.36. The summed E-state index contributed by atoms with van der Waals surface area (Å²) >= 11 is 0. The van der Waals surface area contributed by atoms with E-state index in [4.69, 9.17) is 24.4 Å². The molecule has 40 heavy (non-hydrogen) atoms. The number of phenols is 1. The first kappa shape index (κ1) is 26.0. The van der Waals surface area contributed by atoms with Crippen LogP contribution in [0.5, 0.6) is 5.75 Å². The number of ether oxygens (including phenoxy) is 2. The molecule has 0 bridgehead atoms. The molecule has 3 aliphatic rings. The second-order valence-corrected chi connectivity index (χ2v) is 10.0. The normalized spacial score (nSPS) is 20.1. The summed E-state index contributed by atoms with van der Waals surface area (Å²) in [5.41, 5.74) is 5.21. The molecule has 3 aromatic rings. The maximum absolute atomic E-state index is 11.9. The molecule has 0 radical (unpaired) electrons. The fraction of sp³-hybridized carbons (Fsp3) is 0.333. The number of fused-ring (bicyclic) bond motifs is 1. The average Bonchev–Trinajstić information content (AvgIpc) is 3.42. The standard InChI is InChI=1S/C30H32N6O4/c1-2-26(38)32-20-7-5-6-19(16-20)27-22-18-31-29(25-8-3-4-13-40-25)28(22)35-30(34-27)33-21-9-10-23(24(37)17-21)36-11-14-39-15-12-36/h2,5-7,9-10,16-18,25,29,37H,1,3-4,8,11-15H2,(H,32,38)(H,33,34,35). The minimum atomic E-state index is -0.288. The van der Waals surface area contributed by atoms with E-state index in [-0.39, 0.29) is 23.8 Å². The van der Waals surface area contributed by atoms with Crippen LogP contribution >= 0.6 is 0 Å². The van der Waals surface area contributed by atoms with Crippen molar-refractivity contribution in [3.05, 3.63) is 66.4 Å². The summed E-state index contributed by atoms with van der Waals surface area (Å²) in [7, 11) is 0. The number of morpholine rings is 1. The lowest BCUT2D eigenvalue weighted by Crippen LogP contribution is -2.36. The smallest absolute Gasteiger partial charge is 0.247 e. The molecular formula is C30H32N6O4. The Balaban J connectivity index is 1.36. The van der Waals surface area contributed by atoms with Crippen LogP contribution in [0.2, 0.25) is 0 Å². The van der Waals surface area contributed by atoms with Crippen molar-refractivity contribution in [2.45, 2.75) is 31.4 Å². The molecule has 2 aromatic carbocycles. The SMILES string of the molecule is C=CC(=O)Nc1cccc(-c2nc(Nc3ccc(N4CCOCC4)c(O)c3)nc3c2C=NC3C2CCCCO2)c1. The maximum atomic E-state index is 11.9. The summed E-state index contributed by atoms with van der Waals surface area (Å²) in [6.45, 7) is 6.98. The molecule has 1 aromatic heterocycles. The molecule has 3 N–H and O–H groups in total. The van der Waals surface area contributed by atoms with E-state index in [9.17, 15) is 9.90 Å². The summed E-state index contributed by atoms with van der Waals surface area (Å²) < 4.78 is 11.5. The van der Waals surface area contributed by atoms with Gasteiger partial charge < -0.3 is 30.1 Å². The Morgan fingerprint density at radius 3 is 2.73 bits per heavy atom. The summed E-state index contributed by atoms with van der Waals surface area (Å²) in [6.07, 6.45) is 6.08. The van der Waals surface area contributed by atoms with E-state index in [1.165, 1.54) is 6.08 Å². The van der Waals surface area contributed by atoms with Gasteiger partial charge in [0.2, 0.25) is 11.9 Å². The number of phenolic OH excluding ortho intramolecular Hbond substituents is 1. The molecule has 4 heterocycles. The van der Waals surface area contributed by atoms with Gasteiger partial charge in [0.1, 0.15) is 11.8 Å². The Labute approximate surface area is 232 Å². The van der Waals surface area contributed by atoms with Gasteiger partial charge in [-0.3, -0.25) is 9.79 Å². The van der Waals surface area contributed by atoms with Crippen LogP contribution in [0.15, 0.2) is 60.1 Å². The molecule has 2 atom stereocenters. The number of anilines is 4. The summed E-state index contributed by atoms with van der Waals surface area (Å²) in [6, 6.07) is 12.8. The molecule has 2 saturated heterocycles. The lowest BCUT2D eigenvalue weighted by molar-refractivity contribution is -0.111. The number of benzene rings is 2. The number of carbonyl (C=O) groups excluding carboxylic acids is 1. The molecule has 2 fully saturated rings. The van der Waals surface area contributed by atoms with Crippen LogP contribution in [0.1, 0.15) is 36.6 Å². The summed E-state index contributed by atoms with van der Waals surface area (Å²) in [5.74, 6) is 0.277. The van der Waals surface area contributed by atoms with Crippen LogP contribution in [0.3, 0.4) is 0 Å². The van der Waals surface area contributed by atoms with Crippen LogP contribution in [-0.2, 0) is 14.3 Å². The van der Waals surface area contributed by atoms with Crippen molar-refractivity contribution in [3.63, 3.8) is 0 Å². The van der Waals surface area contributed by atoms with Gasteiger partial charge in [0.25, 0.3) is 0 Å². The zero-order valence-electron chi connectivity index (χ0n) is 22.2. The molecule has 0 spiro atoms. The van der Waals surface area contributed by atoms with Crippen LogP contribution < -0.4 is 15.5 Å². The lowest BCUT2D eigenvalue weighted by Gasteiger charge is -2.29. The van der Waals surface area contributed by atoms with Crippen LogP contribution in [0.4, 0.5) is 23.0 Å². The molecule has 2 unspecified atom stereocenters. The molecular weight excluding hydrogens is 508 g/mol. The number of amides is 1. The molecule has 0 aliphatic carbocycles. The molecule has 6 rings (SSSR count). The van der Waals surface area contributed by atoms with Gasteiger partial charge in [-0.05, 0) is 49.6 Å². The molecule has 206 valence electrons. The summed E-state index contributed by atoms with van der Waals surface area (Å²) in [4.78, 5) is 28.6. The third kappa shape index (κ3) is 5.41. The monoisotopic (exact) mass is 540 g/mol.